The highest BCUT2D eigenvalue weighted by molar-refractivity contribution is 5.93. The summed E-state index contributed by atoms with van der Waals surface area (Å²) in [5.74, 6) is -2.09. The number of hydrogen-bond donors (Lipinski definition) is 2. The fourth-order valence-corrected chi connectivity index (χ4v) is 1.24. The molecule has 1 rings (SSSR count). The van der Waals surface area contributed by atoms with Gasteiger partial charge in [-0.05, 0) is 24.3 Å². The molecule has 0 radical (unpaired) electrons. The van der Waals surface area contributed by atoms with Gasteiger partial charge in [-0.1, -0.05) is 0 Å². The van der Waals surface area contributed by atoms with Gasteiger partial charge < -0.3 is 19.9 Å². The summed E-state index contributed by atoms with van der Waals surface area (Å²) in [7, 11) is 1.28. The number of aliphatic carboxylic acids is 1. The molecular weight excluding hydrogens is 254 g/mol. The first-order valence-corrected chi connectivity index (χ1v) is 5.30. The van der Waals surface area contributed by atoms with Gasteiger partial charge in [-0.2, -0.15) is 0 Å². The lowest BCUT2D eigenvalue weighted by molar-refractivity contribution is -0.143. The molecule has 0 unspecified atom stereocenters. The number of carbonyl (C=O) groups is 3. The second-order valence-corrected chi connectivity index (χ2v) is 3.50. The topological polar surface area (TPSA) is 102 Å². The number of methoxy groups -OCH3 is 1. The van der Waals surface area contributed by atoms with Crippen LogP contribution in [0.4, 0.5) is 5.69 Å². The average Bonchev–Trinajstić information content (AvgIpc) is 2.38. The van der Waals surface area contributed by atoms with Crippen LogP contribution < -0.4 is 5.32 Å². The molecule has 102 valence electrons. The number of anilines is 1. The van der Waals surface area contributed by atoms with E-state index in [1.165, 1.54) is 31.4 Å². The van der Waals surface area contributed by atoms with Crippen molar-refractivity contribution in [2.24, 2.45) is 0 Å². The standard InChI is InChI=1S/C12H13NO6/c1-18-12(17)8-2-4-9(5-3-8)13-10(14)6-19-7-11(15)16/h2-5H,6-7H2,1H3,(H,13,14)(H,15,16). The molecule has 7 nitrogen and oxygen atoms in total. The molecular formula is C12H13NO6. The van der Waals surface area contributed by atoms with Crippen molar-refractivity contribution in [2.45, 2.75) is 0 Å². The summed E-state index contributed by atoms with van der Waals surface area (Å²) in [4.78, 5) is 32.7. The molecule has 0 aliphatic carbocycles. The second kappa shape index (κ2) is 7.12. The van der Waals surface area contributed by atoms with Crippen molar-refractivity contribution in [3.05, 3.63) is 29.8 Å². The van der Waals surface area contributed by atoms with E-state index in [4.69, 9.17) is 5.11 Å². The van der Waals surface area contributed by atoms with Gasteiger partial charge in [-0.15, -0.1) is 0 Å². The molecule has 0 aliphatic heterocycles. The largest absolute Gasteiger partial charge is 0.480 e. The third-order valence-electron chi connectivity index (χ3n) is 2.05. The van der Waals surface area contributed by atoms with Gasteiger partial charge in [0.2, 0.25) is 5.91 Å². The molecule has 0 spiro atoms. The Bertz CT molecular complexity index is 468. The SMILES string of the molecule is COC(=O)c1ccc(NC(=O)COCC(=O)O)cc1. The van der Waals surface area contributed by atoms with Crippen LogP contribution in [0.25, 0.3) is 0 Å². The Hall–Kier alpha value is -2.41. The number of rotatable bonds is 6. The van der Waals surface area contributed by atoms with E-state index in [0.29, 0.717) is 11.3 Å². The van der Waals surface area contributed by atoms with Crippen LogP contribution in [0.5, 0.6) is 0 Å². The molecule has 0 saturated heterocycles. The zero-order chi connectivity index (χ0) is 14.3. The smallest absolute Gasteiger partial charge is 0.337 e. The van der Waals surface area contributed by atoms with E-state index in [1.807, 2.05) is 0 Å². The van der Waals surface area contributed by atoms with Gasteiger partial charge in [0, 0.05) is 5.69 Å². The fraction of sp³-hybridized carbons (Fsp3) is 0.250. The first kappa shape index (κ1) is 14.7. The van der Waals surface area contributed by atoms with E-state index in [-0.39, 0.29) is 6.61 Å². The first-order chi connectivity index (χ1) is 9.02. The summed E-state index contributed by atoms with van der Waals surface area (Å²) >= 11 is 0. The lowest BCUT2D eigenvalue weighted by atomic mass is 10.2. The maximum atomic E-state index is 11.3. The van der Waals surface area contributed by atoms with Crippen molar-refractivity contribution in [3.63, 3.8) is 0 Å². The molecule has 7 heteroatoms. The van der Waals surface area contributed by atoms with Gasteiger partial charge in [0.05, 0.1) is 12.7 Å². The van der Waals surface area contributed by atoms with Crippen molar-refractivity contribution in [1.82, 2.24) is 0 Å². The molecule has 1 aromatic carbocycles. The summed E-state index contributed by atoms with van der Waals surface area (Å²) in [6, 6.07) is 6.06. The maximum absolute atomic E-state index is 11.3. The summed E-state index contributed by atoms with van der Waals surface area (Å²) in [6.07, 6.45) is 0. The van der Waals surface area contributed by atoms with Crippen LogP contribution in [0.1, 0.15) is 10.4 Å². The fourth-order valence-electron chi connectivity index (χ4n) is 1.24. The van der Waals surface area contributed by atoms with Crippen LogP contribution in [-0.2, 0) is 19.1 Å². The molecule has 0 saturated carbocycles. The van der Waals surface area contributed by atoms with Crippen LogP contribution >= 0.6 is 0 Å². The quantitative estimate of drug-likeness (QED) is 0.728. The minimum Gasteiger partial charge on any atom is -0.480 e. The number of amides is 1. The minimum atomic E-state index is -1.14. The summed E-state index contributed by atoms with van der Waals surface area (Å²) in [5, 5.41) is 10.8. The molecule has 1 amide bonds. The highest BCUT2D eigenvalue weighted by Gasteiger charge is 2.07. The van der Waals surface area contributed by atoms with Crippen LogP contribution in [0.2, 0.25) is 0 Å². The Balaban J connectivity index is 2.46. The second-order valence-electron chi connectivity index (χ2n) is 3.50. The lowest BCUT2D eigenvalue weighted by Gasteiger charge is -2.06. The Morgan fingerprint density at radius 2 is 1.79 bits per heavy atom. The lowest BCUT2D eigenvalue weighted by Crippen LogP contribution is -2.20. The number of carboxylic acid groups (broad SMARTS) is 1. The van der Waals surface area contributed by atoms with E-state index < -0.39 is 24.5 Å². The molecule has 19 heavy (non-hydrogen) atoms. The maximum Gasteiger partial charge on any atom is 0.337 e. The predicted octanol–water partition coefficient (Wildman–Crippen LogP) is 0.513. The van der Waals surface area contributed by atoms with Crippen molar-refractivity contribution in [1.29, 1.82) is 0 Å². The third-order valence-corrected chi connectivity index (χ3v) is 2.05. The van der Waals surface area contributed by atoms with Gasteiger partial charge >= 0.3 is 11.9 Å². The molecule has 0 atom stereocenters. The number of nitrogens with one attached hydrogen (secondary N) is 1. The third kappa shape index (κ3) is 5.17. The summed E-state index contributed by atoms with van der Waals surface area (Å²) in [6.45, 7) is -0.889. The van der Waals surface area contributed by atoms with E-state index >= 15 is 0 Å². The highest BCUT2D eigenvalue weighted by Crippen LogP contribution is 2.10. The van der Waals surface area contributed by atoms with Gasteiger partial charge in [0.25, 0.3) is 0 Å². The zero-order valence-electron chi connectivity index (χ0n) is 10.2. The summed E-state index contributed by atoms with van der Waals surface area (Å²) in [5.41, 5.74) is 0.833. The normalized spacial score (nSPS) is 9.74. The van der Waals surface area contributed by atoms with Crippen molar-refractivity contribution >= 4 is 23.5 Å². The van der Waals surface area contributed by atoms with Crippen molar-refractivity contribution < 1.29 is 29.0 Å². The highest BCUT2D eigenvalue weighted by atomic mass is 16.5. The predicted molar refractivity (Wildman–Crippen MR) is 64.9 cm³/mol. The van der Waals surface area contributed by atoms with Crippen LogP contribution in [-0.4, -0.2) is 43.3 Å². The number of ether oxygens (including phenoxy) is 2. The first-order valence-electron chi connectivity index (χ1n) is 5.30. The molecule has 0 aromatic heterocycles. The van der Waals surface area contributed by atoms with Gasteiger partial charge in [0.1, 0.15) is 13.2 Å². The van der Waals surface area contributed by atoms with Crippen LogP contribution in [0.15, 0.2) is 24.3 Å². The molecule has 0 fully saturated rings. The molecule has 1 aromatic rings. The minimum absolute atomic E-state index is 0.356. The number of hydrogen-bond acceptors (Lipinski definition) is 5. The van der Waals surface area contributed by atoms with E-state index in [0.717, 1.165) is 0 Å². The number of carbonyl (C=O) groups excluding carboxylic acids is 2. The Kier molecular flexibility index (Phi) is 5.49. The molecule has 0 aliphatic rings. The van der Waals surface area contributed by atoms with E-state index in [2.05, 4.69) is 14.8 Å². The molecule has 0 heterocycles. The van der Waals surface area contributed by atoms with Crippen molar-refractivity contribution in [2.75, 3.05) is 25.6 Å². The van der Waals surface area contributed by atoms with Crippen LogP contribution in [0.3, 0.4) is 0 Å². The number of carboxylic acids is 1. The Labute approximate surface area is 109 Å². The Morgan fingerprint density at radius 1 is 1.16 bits per heavy atom. The van der Waals surface area contributed by atoms with Crippen molar-refractivity contribution in [3.8, 4) is 0 Å². The van der Waals surface area contributed by atoms with Crippen LogP contribution in [0, 0.1) is 0 Å². The van der Waals surface area contributed by atoms with Gasteiger partial charge in [-0.25, -0.2) is 9.59 Å². The van der Waals surface area contributed by atoms with Gasteiger partial charge in [-0.3, -0.25) is 4.79 Å². The van der Waals surface area contributed by atoms with Gasteiger partial charge in [0.15, 0.2) is 0 Å². The van der Waals surface area contributed by atoms with E-state index in [9.17, 15) is 14.4 Å². The molecule has 0 bridgehead atoms. The Morgan fingerprint density at radius 3 is 2.32 bits per heavy atom. The zero-order valence-corrected chi connectivity index (χ0v) is 10.2. The summed E-state index contributed by atoms with van der Waals surface area (Å²) < 4.78 is 9.15. The number of esters is 1. The van der Waals surface area contributed by atoms with E-state index in [1.54, 1.807) is 0 Å². The monoisotopic (exact) mass is 267 g/mol. The molecule has 2 N–H and O–H groups in total. The average molecular weight is 267 g/mol. The number of benzene rings is 1.